The minimum absolute atomic E-state index is 0.0764. The molecule has 1 atom stereocenters. The van der Waals surface area contributed by atoms with Gasteiger partial charge in [0.2, 0.25) is 0 Å². The highest BCUT2D eigenvalue weighted by Crippen LogP contribution is 2.23. The largest absolute Gasteiger partial charge is 0.332 e. The Labute approximate surface area is 66.1 Å². The molecule has 2 heterocycles. The first kappa shape index (κ1) is 6.70. The van der Waals surface area contributed by atoms with Crippen molar-refractivity contribution in [2.45, 2.75) is 25.8 Å². The number of hydrogen-bond donors (Lipinski definition) is 1. The lowest BCUT2D eigenvalue weighted by Gasteiger charge is -2.26. The van der Waals surface area contributed by atoms with Crippen molar-refractivity contribution in [1.82, 2.24) is 10.2 Å². The van der Waals surface area contributed by atoms with Crippen molar-refractivity contribution < 1.29 is 4.79 Å². The van der Waals surface area contributed by atoms with Crippen molar-refractivity contribution in [1.29, 1.82) is 0 Å². The number of carbonyl (C=O) groups excluding carboxylic acids is 1. The molecule has 0 aromatic rings. The summed E-state index contributed by atoms with van der Waals surface area (Å²) >= 11 is 0. The van der Waals surface area contributed by atoms with Crippen LogP contribution in [0.1, 0.15) is 19.8 Å². The van der Waals surface area contributed by atoms with Crippen LogP contribution in [0.4, 0.5) is 4.79 Å². The van der Waals surface area contributed by atoms with Gasteiger partial charge in [0.05, 0.1) is 0 Å². The van der Waals surface area contributed by atoms with Gasteiger partial charge in [-0.1, -0.05) is 0 Å². The quantitative estimate of drug-likeness (QED) is 0.553. The molecule has 2 amide bonds. The van der Waals surface area contributed by atoms with Gasteiger partial charge < -0.3 is 5.32 Å². The van der Waals surface area contributed by atoms with Crippen LogP contribution in [0.3, 0.4) is 0 Å². The van der Waals surface area contributed by atoms with Gasteiger partial charge in [0.15, 0.2) is 0 Å². The predicted octanol–water partition coefficient (Wildman–Crippen LogP) is 1.08. The number of urea groups is 1. The third-order valence-corrected chi connectivity index (χ3v) is 2.20. The Balaban J connectivity index is 2.27. The Morgan fingerprint density at radius 1 is 1.73 bits per heavy atom. The van der Waals surface area contributed by atoms with Crippen LogP contribution in [0.2, 0.25) is 0 Å². The molecule has 0 radical (unpaired) electrons. The SMILES string of the molecule is C[C@H]1C=C2CCCN2C(=O)N1. The van der Waals surface area contributed by atoms with E-state index in [0.717, 1.165) is 19.4 Å². The van der Waals surface area contributed by atoms with Crippen LogP contribution in [-0.2, 0) is 0 Å². The summed E-state index contributed by atoms with van der Waals surface area (Å²) in [6.07, 6.45) is 4.32. The Kier molecular flexibility index (Phi) is 1.37. The molecule has 2 rings (SSSR count). The lowest BCUT2D eigenvalue weighted by molar-refractivity contribution is 0.211. The first-order valence-electron chi connectivity index (χ1n) is 4.06. The molecule has 0 saturated carbocycles. The molecule has 0 aliphatic carbocycles. The van der Waals surface area contributed by atoms with E-state index in [0.29, 0.717) is 0 Å². The van der Waals surface area contributed by atoms with Crippen molar-refractivity contribution in [3.05, 3.63) is 11.8 Å². The Hall–Kier alpha value is -0.990. The highest BCUT2D eigenvalue weighted by atomic mass is 16.2. The normalized spacial score (nSPS) is 29.5. The molecule has 0 unspecified atom stereocenters. The van der Waals surface area contributed by atoms with Crippen molar-refractivity contribution >= 4 is 6.03 Å². The molecule has 3 heteroatoms. The van der Waals surface area contributed by atoms with E-state index in [-0.39, 0.29) is 12.1 Å². The van der Waals surface area contributed by atoms with Gasteiger partial charge in [0.25, 0.3) is 0 Å². The van der Waals surface area contributed by atoms with Crippen molar-refractivity contribution in [2.24, 2.45) is 0 Å². The molecule has 1 fully saturated rings. The monoisotopic (exact) mass is 152 g/mol. The Morgan fingerprint density at radius 3 is 3.36 bits per heavy atom. The summed E-state index contributed by atoms with van der Waals surface area (Å²) in [5.41, 5.74) is 1.21. The van der Waals surface area contributed by atoms with E-state index in [2.05, 4.69) is 11.4 Å². The Morgan fingerprint density at radius 2 is 2.55 bits per heavy atom. The van der Waals surface area contributed by atoms with E-state index in [9.17, 15) is 4.79 Å². The first-order valence-corrected chi connectivity index (χ1v) is 4.06. The molecule has 1 N–H and O–H groups in total. The van der Waals surface area contributed by atoms with E-state index in [1.165, 1.54) is 5.70 Å². The standard InChI is InChI=1S/C8H12N2O/c1-6-5-7-3-2-4-10(7)8(11)9-6/h5-6H,2-4H2,1H3,(H,9,11)/t6-/m0/s1. The molecule has 2 aliphatic rings. The molecule has 3 nitrogen and oxygen atoms in total. The summed E-state index contributed by atoms with van der Waals surface area (Å²) in [6.45, 7) is 2.89. The number of allylic oxidation sites excluding steroid dienone is 1. The zero-order valence-electron chi connectivity index (χ0n) is 6.63. The van der Waals surface area contributed by atoms with Crippen LogP contribution in [0.5, 0.6) is 0 Å². The predicted molar refractivity (Wildman–Crippen MR) is 42.0 cm³/mol. The maximum absolute atomic E-state index is 11.3. The van der Waals surface area contributed by atoms with Gasteiger partial charge >= 0.3 is 6.03 Å². The van der Waals surface area contributed by atoms with Crippen LogP contribution in [0.25, 0.3) is 0 Å². The molecule has 11 heavy (non-hydrogen) atoms. The third-order valence-electron chi connectivity index (χ3n) is 2.20. The summed E-state index contributed by atoms with van der Waals surface area (Å²) in [5, 5.41) is 2.86. The van der Waals surface area contributed by atoms with Crippen LogP contribution in [-0.4, -0.2) is 23.5 Å². The maximum Gasteiger partial charge on any atom is 0.322 e. The van der Waals surface area contributed by atoms with Gasteiger partial charge in [-0.05, 0) is 25.8 Å². The molecule has 0 bridgehead atoms. The van der Waals surface area contributed by atoms with Gasteiger partial charge in [-0.3, -0.25) is 4.90 Å². The van der Waals surface area contributed by atoms with Crippen LogP contribution in [0.15, 0.2) is 11.8 Å². The number of carbonyl (C=O) groups is 1. The molecule has 2 aliphatic heterocycles. The topological polar surface area (TPSA) is 32.3 Å². The summed E-state index contributed by atoms with van der Waals surface area (Å²) in [6, 6.07) is 0.291. The fourth-order valence-electron chi connectivity index (χ4n) is 1.71. The molecule has 0 aromatic heterocycles. The lowest BCUT2D eigenvalue weighted by atomic mass is 10.2. The number of nitrogens with zero attached hydrogens (tertiary/aromatic N) is 1. The second-order valence-electron chi connectivity index (χ2n) is 3.15. The minimum Gasteiger partial charge on any atom is -0.332 e. The number of hydrogen-bond acceptors (Lipinski definition) is 1. The van der Waals surface area contributed by atoms with Gasteiger partial charge in [0.1, 0.15) is 0 Å². The molecular weight excluding hydrogens is 140 g/mol. The van der Waals surface area contributed by atoms with Gasteiger partial charge in [-0.25, -0.2) is 4.79 Å². The zero-order chi connectivity index (χ0) is 7.84. The van der Waals surface area contributed by atoms with Crippen LogP contribution in [0, 0.1) is 0 Å². The molecule has 0 aromatic carbocycles. The van der Waals surface area contributed by atoms with Gasteiger partial charge in [-0.15, -0.1) is 0 Å². The maximum atomic E-state index is 11.3. The minimum atomic E-state index is 0.0764. The number of fused-ring (bicyclic) bond motifs is 1. The highest BCUT2D eigenvalue weighted by Gasteiger charge is 2.27. The first-order chi connectivity index (χ1) is 5.27. The summed E-state index contributed by atoms with van der Waals surface area (Å²) in [7, 11) is 0. The third kappa shape index (κ3) is 1.00. The van der Waals surface area contributed by atoms with E-state index < -0.39 is 0 Å². The van der Waals surface area contributed by atoms with E-state index in [1.54, 1.807) is 0 Å². The molecule has 0 spiro atoms. The zero-order valence-corrected chi connectivity index (χ0v) is 6.63. The van der Waals surface area contributed by atoms with Crippen molar-refractivity contribution in [3.63, 3.8) is 0 Å². The summed E-state index contributed by atoms with van der Waals surface area (Å²) in [4.78, 5) is 13.1. The van der Waals surface area contributed by atoms with Crippen LogP contribution >= 0.6 is 0 Å². The summed E-state index contributed by atoms with van der Waals surface area (Å²) < 4.78 is 0. The molecular formula is C8H12N2O. The van der Waals surface area contributed by atoms with E-state index >= 15 is 0 Å². The molecule has 1 saturated heterocycles. The fourth-order valence-corrected chi connectivity index (χ4v) is 1.71. The Bertz CT molecular complexity index is 222. The average Bonchev–Trinajstić information content (AvgIpc) is 2.34. The number of rotatable bonds is 0. The smallest absolute Gasteiger partial charge is 0.322 e. The number of amides is 2. The van der Waals surface area contributed by atoms with Gasteiger partial charge in [0, 0.05) is 18.3 Å². The number of nitrogens with one attached hydrogen (secondary N) is 1. The van der Waals surface area contributed by atoms with Crippen LogP contribution < -0.4 is 5.32 Å². The molecule has 60 valence electrons. The lowest BCUT2D eigenvalue weighted by Crippen LogP contribution is -2.45. The fraction of sp³-hybridized carbons (Fsp3) is 0.625. The second kappa shape index (κ2) is 2.26. The summed E-state index contributed by atoms with van der Waals surface area (Å²) in [5.74, 6) is 0. The average molecular weight is 152 g/mol. The van der Waals surface area contributed by atoms with E-state index in [4.69, 9.17) is 0 Å². The second-order valence-corrected chi connectivity index (χ2v) is 3.15. The van der Waals surface area contributed by atoms with E-state index in [1.807, 2.05) is 11.8 Å². The highest BCUT2D eigenvalue weighted by molar-refractivity contribution is 5.78. The van der Waals surface area contributed by atoms with Crippen molar-refractivity contribution in [3.8, 4) is 0 Å². The van der Waals surface area contributed by atoms with Gasteiger partial charge in [-0.2, -0.15) is 0 Å². The van der Waals surface area contributed by atoms with Crippen molar-refractivity contribution in [2.75, 3.05) is 6.54 Å².